The molecular weight excluding hydrogens is 218 g/mol. The van der Waals surface area contributed by atoms with E-state index in [9.17, 15) is 9.59 Å². The van der Waals surface area contributed by atoms with Crippen molar-refractivity contribution < 1.29 is 9.59 Å². The summed E-state index contributed by atoms with van der Waals surface area (Å²) in [6.45, 7) is 1.89. The number of hydrogen-bond donors (Lipinski definition) is 3. The van der Waals surface area contributed by atoms with Crippen LogP contribution in [0.3, 0.4) is 0 Å². The molecule has 1 rings (SSSR count). The van der Waals surface area contributed by atoms with Crippen molar-refractivity contribution in [3.05, 3.63) is 29.8 Å². The van der Waals surface area contributed by atoms with Crippen LogP contribution in [0.2, 0.25) is 0 Å². The fourth-order valence-electron chi connectivity index (χ4n) is 1.28. The molecule has 0 saturated heterocycles. The summed E-state index contributed by atoms with van der Waals surface area (Å²) in [5.41, 5.74) is 7.02. The van der Waals surface area contributed by atoms with Crippen LogP contribution in [0.25, 0.3) is 0 Å². The van der Waals surface area contributed by atoms with Crippen LogP contribution >= 0.6 is 0 Å². The van der Waals surface area contributed by atoms with Gasteiger partial charge in [-0.25, -0.2) is 0 Å². The monoisotopic (exact) mass is 235 g/mol. The molecule has 0 unspecified atom stereocenters. The fourth-order valence-corrected chi connectivity index (χ4v) is 1.28. The number of carbonyl (C=O) groups is 2. The Morgan fingerprint density at radius 1 is 1.18 bits per heavy atom. The van der Waals surface area contributed by atoms with Crippen LogP contribution in [0.4, 0.5) is 5.69 Å². The number of hydrogen-bond acceptors (Lipinski definition) is 3. The summed E-state index contributed by atoms with van der Waals surface area (Å²) >= 11 is 0. The Kier molecular flexibility index (Phi) is 5.16. The predicted molar refractivity (Wildman–Crippen MR) is 66.5 cm³/mol. The van der Waals surface area contributed by atoms with Crippen LogP contribution in [0.1, 0.15) is 12.5 Å². The first-order valence-corrected chi connectivity index (χ1v) is 5.51. The lowest BCUT2D eigenvalue weighted by atomic mass is 10.1. The molecule has 2 amide bonds. The molecular formula is C12H17N3O2. The molecule has 0 aromatic heterocycles. The Hall–Kier alpha value is -1.88. The van der Waals surface area contributed by atoms with Gasteiger partial charge in [0.15, 0.2) is 0 Å². The summed E-state index contributed by atoms with van der Waals surface area (Å²) in [5.74, 6) is -0.613. The number of aryl methyl sites for hydroxylation is 1. The molecule has 0 spiro atoms. The first-order valence-electron chi connectivity index (χ1n) is 5.51. The molecule has 0 saturated carbocycles. The van der Waals surface area contributed by atoms with Gasteiger partial charge >= 0.3 is 0 Å². The van der Waals surface area contributed by atoms with Gasteiger partial charge in [0.25, 0.3) is 0 Å². The van der Waals surface area contributed by atoms with E-state index in [0.717, 1.165) is 6.42 Å². The highest BCUT2D eigenvalue weighted by molar-refractivity contribution is 5.94. The molecule has 0 aliphatic carbocycles. The van der Waals surface area contributed by atoms with E-state index in [-0.39, 0.29) is 24.9 Å². The van der Waals surface area contributed by atoms with Gasteiger partial charge in [0.05, 0.1) is 13.1 Å². The normalized spacial score (nSPS) is 9.76. The van der Waals surface area contributed by atoms with Crippen molar-refractivity contribution in [1.29, 1.82) is 0 Å². The maximum Gasteiger partial charge on any atom is 0.243 e. The number of anilines is 1. The van der Waals surface area contributed by atoms with E-state index in [0.29, 0.717) is 5.69 Å². The van der Waals surface area contributed by atoms with Crippen LogP contribution < -0.4 is 16.4 Å². The van der Waals surface area contributed by atoms with E-state index in [1.807, 2.05) is 24.3 Å². The summed E-state index contributed by atoms with van der Waals surface area (Å²) < 4.78 is 0. The molecule has 0 radical (unpaired) electrons. The summed E-state index contributed by atoms with van der Waals surface area (Å²) in [6, 6.07) is 7.57. The van der Waals surface area contributed by atoms with Gasteiger partial charge in [0.1, 0.15) is 0 Å². The SMILES string of the molecule is CCc1ccc(NC(=O)CNC(=O)CN)cc1. The third-order valence-electron chi connectivity index (χ3n) is 2.28. The van der Waals surface area contributed by atoms with Crippen LogP contribution in [-0.2, 0) is 16.0 Å². The molecule has 5 heteroatoms. The number of benzene rings is 1. The van der Waals surface area contributed by atoms with Crippen molar-refractivity contribution in [3.63, 3.8) is 0 Å². The van der Waals surface area contributed by atoms with Crippen LogP contribution in [0.15, 0.2) is 24.3 Å². The Labute approximate surface area is 100 Å². The molecule has 1 aromatic rings. The first kappa shape index (κ1) is 13.2. The standard InChI is InChI=1S/C12H17N3O2/c1-2-9-3-5-10(6-4-9)15-12(17)8-14-11(16)7-13/h3-6H,2,7-8,13H2,1H3,(H,14,16)(H,15,17). The molecule has 4 N–H and O–H groups in total. The van der Waals surface area contributed by atoms with Crippen LogP contribution in [-0.4, -0.2) is 24.9 Å². The minimum absolute atomic E-state index is 0.0639. The smallest absolute Gasteiger partial charge is 0.243 e. The topological polar surface area (TPSA) is 84.2 Å². The number of carbonyl (C=O) groups excluding carboxylic acids is 2. The maximum atomic E-state index is 11.4. The number of amides is 2. The molecule has 0 aliphatic heterocycles. The number of nitrogens with one attached hydrogen (secondary N) is 2. The van der Waals surface area contributed by atoms with Crippen molar-refractivity contribution in [3.8, 4) is 0 Å². The second-order valence-electron chi connectivity index (χ2n) is 3.58. The molecule has 0 fully saturated rings. The third kappa shape index (κ3) is 4.65. The van der Waals surface area contributed by atoms with Gasteiger partial charge in [-0.1, -0.05) is 19.1 Å². The molecule has 0 bridgehead atoms. The molecule has 17 heavy (non-hydrogen) atoms. The minimum Gasteiger partial charge on any atom is -0.346 e. The Morgan fingerprint density at radius 2 is 1.82 bits per heavy atom. The number of rotatable bonds is 5. The van der Waals surface area contributed by atoms with Crippen LogP contribution in [0, 0.1) is 0 Å². The zero-order valence-electron chi connectivity index (χ0n) is 9.82. The van der Waals surface area contributed by atoms with E-state index in [2.05, 4.69) is 17.6 Å². The van der Waals surface area contributed by atoms with E-state index in [1.165, 1.54) is 5.56 Å². The van der Waals surface area contributed by atoms with Gasteiger partial charge < -0.3 is 16.4 Å². The van der Waals surface area contributed by atoms with Gasteiger partial charge in [-0.05, 0) is 24.1 Å². The minimum atomic E-state index is -0.346. The highest BCUT2D eigenvalue weighted by Gasteiger charge is 2.04. The van der Waals surface area contributed by atoms with Gasteiger partial charge in [-0.15, -0.1) is 0 Å². The van der Waals surface area contributed by atoms with Crippen molar-refractivity contribution >= 4 is 17.5 Å². The van der Waals surface area contributed by atoms with E-state index in [1.54, 1.807) is 0 Å². The highest BCUT2D eigenvalue weighted by atomic mass is 16.2. The van der Waals surface area contributed by atoms with Gasteiger partial charge in [-0.3, -0.25) is 9.59 Å². The molecule has 92 valence electrons. The quantitative estimate of drug-likeness (QED) is 0.684. The Bertz CT molecular complexity index is 387. The predicted octanol–water partition coefficient (Wildman–Crippen LogP) is 0.262. The van der Waals surface area contributed by atoms with E-state index < -0.39 is 0 Å². The summed E-state index contributed by atoms with van der Waals surface area (Å²) in [6.07, 6.45) is 0.959. The highest BCUT2D eigenvalue weighted by Crippen LogP contribution is 2.09. The Morgan fingerprint density at radius 3 is 2.35 bits per heavy atom. The summed E-state index contributed by atoms with van der Waals surface area (Å²) in [5, 5.41) is 5.08. The van der Waals surface area contributed by atoms with Gasteiger partial charge in [-0.2, -0.15) is 0 Å². The average Bonchev–Trinajstić information content (AvgIpc) is 2.36. The second kappa shape index (κ2) is 6.65. The largest absolute Gasteiger partial charge is 0.346 e. The maximum absolute atomic E-state index is 11.4. The molecule has 0 aliphatic rings. The van der Waals surface area contributed by atoms with E-state index in [4.69, 9.17) is 5.73 Å². The average molecular weight is 235 g/mol. The van der Waals surface area contributed by atoms with Gasteiger partial charge in [0.2, 0.25) is 11.8 Å². The first-order chi connectivity index (χ1) is 8.15. The summed E-state index contributed by atoms with van der Waals surface area (Å²) in [4.78, 5) is 22.3. The second-order valence-corrected chi connectivity index (χ2v) is 3.58. The lowest BCUT2D eigenvalue weighted by Gasteiger charge is -2.06. The van der Waals surface area contributed by atoms with Crippen molar-refractivity contribution in [2.24, 2.45) is 5.73 Å². The lowest BCUT2D eigenvalue weighted by Crippen LogP contribution is -2.36. The molecule has 0 atom stereocenters. The third-order valence-corrected chi connectivity index (χ3v) is 2.28. The zero-order valence-corrected chi connectivity index (χ0v) is 9.82. The molecule has 0 heterocycles. The Balaban J connectivity index is 2.42. The van der Waals surface area contributed by atoms with Crippen LogP contribution in [0.5, 0.6) is 0 Å². The zero-order chi connectivity index (χ0) is 12.7. The number of nitrogens with two attached hydrogens (primary N) is 1. The fraction of sp³-hybridized carbons (Fsp3) is 0.333. The van der Waals surface area contributed by atoms with Gasteiger partial charge in [0, 0.05) is 5.69 Å². The summed E-state index contributed by atoms with van der Waals surface area (Å²) in [7, 11) is 0. The van der Waals surface area contributed by atoms with Crippen molar-refractivity contribution in [1.82, 2.24) is 5.32 Å². The van der Waals surface area contributed by atoms with Crippen molar-refractivity contribution in [2.75, 3.05) is 18.4 Å². The lowest BCUT2D eigenvalue weighted by molar-refractivity contribution is -0.123. The molecule has 1 aromatic carbocycles. The van der Waals surface area contributed by atoms with Crippen molar-refractivity contribution in [2.45, 2.75) is 13.3 Å². The van der Waals surface area contributed by atoms with E-state index >= 15 is 0 Å². The molecule has 5 nitrogen and oxygen atoms in total.